The summed E-state index contributed by atoms with van der Waals surface area (Å²) in [5.74, 6) is 0.405. The Morgan fingerprint density at radius 2 is 1.71 bits per heavy atom. The second-order valence-corrected chi connectivity index (χ2v) is 8.38. The van der Waals surface area contributed by atoms with Crippen molar-refractivity contribution < 1.29 is 14.3 Å². The lowest BCUT2D eigenvalue weighted by Gasteiger charge is -2.32. The van der Waals surface area contributed by atoms with Gasteiger partial charge < -0.3 is 15.0 Å². The smallest absolute Gasteiger partial charge is 0.261 e. The molecule has 0 spiro atoms. The first kappa shape index (κ1) is 22.9. The Hall–Kier alpha value is -2.82. The summed E-state index contributed by atoms with van der Waals surface area (Å²) in [5.41, 5.74) is 2.13. The molecule has 2 amide bonds. The molecule has 5 heteroatoms. The lowest BCUT2D eigenvalue weighted by molar-refractivity contribution is -0.143. The predicted octanol–water partition coefficient (Wildman–Crippen LogP) is 4.63. The lowest BCUT2D eigenvalue weighted by atomic mass is 9.95. The van der Waals surface area contributed by atoms with E-state index in [1.165, 1.54) is 6.42 Å². The molecule has 0 radical (unpaired) electrons. The molecule has 0 bridgehead atoms. The number of hydrogen-bond donors (Lipinski definition) is 1. The molecule has 5 nitrogen and oxygen atoms in total. The van der Waals surface area contributed by atoms with E-state index >= 15 is 0 Å². The summed E-state index contributed by atoms with van der Waals surface area (Å²) in [6.07, 6.45) is 6.13. The summed E-state index contributed by atoms with van der Waals surface area (Å²) in [6, 6.07) is 17.1. The number of amides is 2. The predicted molar refractivity (Wildman–Crippen MR) is 123 cm³/mol. The molecule has 0 unspecified atom stereocenters. The van der Waals surface area contributed by atoms with E-state index in [-0.39, 0.29) is 24.5 Å². The van der Waals surface area contributed by atoms with Crippen LogP contribution in [0, 0.1) is 6.92 Å². The van der Waals surface area contributed by atoms with Crippen molar-refractivity contribution in [2.24, 2.45) is 0 Å². The molecule has 0 saturated heterocycles. The van der Waals surface area contributed by atoms with E-state index in [9.17, 15) is 9.59 Å². The summed E-state index contributed by atoms with van der Waals surface area (Å²) >= 11 is 0. The van der Waals surface area contributed by atoms with E-state index in [1.54, 1.807) is 4.90 Å². The van der Waals surface area contributed by atoms with E-state index in [1.807, 2.05) is 68.4 Å². The second kappa shape index (κ2) is 11.5. The van der Waals surface area contributed by atoms with Crippen molar-refractivity contribution in [3.05, 3.63) is 65.7 Å². The quantitative estimate of drug-likeness (QED) is 0.641. The molecule has 1 fully saturated rings. The van der Waals surface area contributed by atoms with Crippen molar-refractivity contribution in [1.82, 2.24) is 10.2 Å². The van der Waals surface area contributed by atoms with E-state index in [4.69, 9.17) is 4.74 Å². The van der Waals surface area contributed by atoms with Gasteiger partial charge in [0.1, 0.15) is 11.8 Å². The largest absolute Gasteiger partial charge is 0.484 e. The molecule has 1 N–H and O–H groups in total. The van der Waals surface area contributed by atoms with Gasteiger partial charge in [0, 0.05) is 12.6 Å². The van der Waals surface area contributed by atoms with Gasteiger partial charge in [0.05, 0.1) is 0 Å². The highest BCUT2D eigenvalue weighted by Gasteiger charge is 2.30. The Labute approximate surface area is 185 Å². The number of aryl methyl sites for hydroxylation is 1. The van der Waals surface area contributed by atoms with E-state index in [2.05, 4.69) is 5.32 Å². The van der Waals surface area contributed by atoms with Crippen LogP contribution in [0.2, 0.25) is 0 Å². The molecular formula is C26H34N2O3. The molecule has 0 heterocycles. The molecule has 2 aromatic rings. The maximum atomic E-state index is 13.2. The zero-order chi connectivity index (χ0) is 22.1. The molecule has 3 rings (SSSR count). The van der Waals surface area contributed by atoms with Crippen LogP contribution in [0.5, 0.6) is 5.75 Å². The minimum absolute atomic E-state index is 0.0611. The minimum atomic E-state index is -0.517. The maximum absolute atomic E-state index is 13.2. The lowest BCUT2D eigenvalue weighted by Crippen LogP contribution is -2.52. The zero-order valence-electron chi connectivity index (χ0n) is 18.7. The SMILES string of the molecule is CC[C@H](C(=O)NC1CCCCC1)N(Cc1ccccc1)C(=O)COc1ccc(C)cc1. The summed E-state index contributed by atoms with van der Waals surface area (Å²) in [5, 5.41) is 3.20. The van der Waals surface area contributed by atoms with Crippen LogP contribution >= 0.6 is 0 Å². The highest BCUT2D eigenvalue weighted by molar-refractivity contribution is 5.88. The summed E-state index contributed by atoms with van der Waals surface area (Å²) in [4.78, 5) is 28.0. The minimum Gasteiger partial charge on any atom is -0.484 e. The summed E-state index contributed by atoms with van der Waals surface area (Å²) < 4.78 is 5.74. The Bertz CT molecular complexity index is 829. The Balaban J connectivity index is 1.72. The number of ether oxygens (including phenoxy) is 1. The fourth-order valence-corrected chi connectivity index (χ4v) is 4.11. The van der Waals surface area contributed by atoms with Crippen LogP contribution in [0.15, 0.2) is 54.6 Å². The fourth-order valence-electron chi connectivity index (χ4n) is 4.11. The van der Waals surface area contributed by atoms with Gasteiger partial charge >= 0.3 is 0 Å². The van der Waals surface area contributed by atoms with Gasteiger partial charge in [0.2, 0.25) is 5.91 Å². The van der Waals surface area contributed by atoms with Gasteiger partial charge in [-0.15, -0.1) is 0 Å². The molecule has 1 atom stereocenters. The first-order valence-corrected chi connectivity index (χ1v) is 11.4. The van der Waals surface area contributed by atoms with Crippen molar-refractivity contribution >= 4 is 11.8 Å². The second-order valence-electron chi connectivity index (χ2n) is 8.38. The topological polar surface area (TPSA) is 58.6 Å². The molecule has 1 aliphatic rings. The maximum Gasteiger partial charge on any atom is 0.261 e. The highest BCUT2D eigenvalue weighted by Crippen LogP contribution is 2.19. The van der Waals surface area contributed by atoms with Gasteiger partial charge in [-0.25, -0.2) is 0 Å². The number of carbonyl (C=O) groups excluding carboxylic acids is 2. The molecule has 1 aliphatic carbocycles. The Kier molecular flexibility index (Phi) is 8.51. The molecule has 2 aromatic carbocycles. The van der Waals surface area contributed by atoms with E-state index in [0.717, 1.165) is 36.8 Å². The van der Waals surface area contributed by atoms with Crippen LogP contribution in [0.1, 0.15) is 56.6 Å². The molecule has 166 valence electrons. The molecule has 1 saturated carbocycles. The van der Waals surface area contributed by atoms with E-state index in [0.29, 0.717) is 18.7 Å². The van der Waals surface area contributed by atoms with Gasteiger partial charge in [0.25, 0.3) is 5.91 Å². The number of nitrogens with one attached hydrogen (secondary N) is 1. The highest BCUT2D eigenvalue weighted by atomic mass is 16.5. The van der Waals surface area contributed by atoms with Crippen LogP contribution in [0.3, 0.4) is 0 Å². The summed E-state index contributed by atoms with van der Waals surface area (Å²) in [7, 11) is 0. The van der Waals surface area contributed by atoms with Gasteiger partial charge in [0.15, 0.2) is 6.61 Å². The van der Waals surface area contributed by atoms with Crippen LogP contribution in [-0.4, -0.2) is 35.4 Å². The Morgan fingerprint density at radius 3 is 2.35 bits per heavy atom. The molecule has 0 aliphatic heterocycles. The third-order valence-corrected chi connectivity index (χ3v) is 5.92. The Morgan fingerprint density at radius 1 is 1.03 bits per heavy atom. The van der Waals surface area contributed by atoms with Gasteiger partial charge in [-0.05, 0) is 43.9 Å². The molecular weight excluding hydrogens is 388 g/mol. The third kappa shape index (κ3) is 6.84. The monoisotopic (exact) mass is 422 g/mol. The van der Waals surface area contributed by atoms with Crippen LogP contribution < -0.4 is 10.1 Å². The van der Waals surface area contributed by atoms with Crippen molar-refractivity contribution in [1.29, 1.82) is 0 Å². The number of carbonyl (C=O) groups is 2. The number of hydrogen-bond acceptors (Lipinski definition) is 3. The van der Waals surface area contributed by atoms with Crippen LogP contribution in [-0.2, 0) is 16.1 Å². The van der Waals surface area contributed by atoms with Crippen molar-refractivity contribution in [3.63, 3.8) is 0 Å². The first-order chi connectivity index (χ1) is 15.1. The zero-order valence-corrected chi connectivity index (χ0v) is 18.7. The third-order valence-electron chi connectivity index (χ3n) is 5.92. The average molecular weight is 423 g/mol. The number of benzene rings is 2. The van der Waals surface area contributed by atoms with Crippen molar-refractivity contribution in [2.45, 2.75) is 71.0 Å². The number of nitrogens with zero attached hydrogens (tertiary/aromatic N) is 1. The van der Waals surface area contributed by atoms with E-state index < -0.39 is 6.04 Å². The van der Waals surface area contributed by atoms with Gasteiger partial charge in [-0.3, -0.25) is 9.59 Å². The van der Waals surface area contributed by atoms with Crippen LogP contribution in [0.25, 0.3) is 0 Å². The standard InChI is InChI=1S/C26H34N2O3/c1-3-24(26(30)27-22-12-8-5-9-13-22)28(18-21-10-6-4-7-11-21)25(29)19-31-23-16-14-20(2)15-17-23/h4,6-7,10-11,14-17,22,24H,3,5,8-9,12-13,18-19H2,1-2H3,(H,27,30)/t24-/m1/s1. The molecule has 31 heavy (non-hydrogen) atoms. The van der Waals surface area contributed by atoms with Crippen molar-refractivity contribution in [3.8, 4) is 5.75 Å². The van der Waals surface area contributed by atoms with Crippen molar-refractivity contribution in [2.75, 3.05) is 6.61 Å². The normalized spacial score (nSPS) is 15.2. The summed E-state index contributed by atoms with van der Waals surface area (Å²) in [6.45, 7) is 4.25. The van der Waals surface area contributed by atoms with Gasteiger partial charge in [-0.2, -0.15) is 0 Å². The average Bonchev–Trinajstić information content (AvgIpc) is 2.79. The number of rotatable bonds is 9. The first-order valence-electron chi connectivity index (χ1n) is 11.4. The van der Waals surface area contributed by atoms with Gasteiger partial charge in [-0.1, -0.05) is 74.2 Å². The fraction of sp³-hybridized carbons (Fsp3) is 0.462. The van der Waals surface area contributed by atoms with Crippen LogP contribution in [0.4, 0.5) is 0 Å². The molecule has 0 aromatic heterocycles.